The molecule has 0 aliphatic rings. The zero-order valence-corrected chi connectivity index (χ0v) is 12.9. The highest BCUT2D eigenvalue weighted by atomic mass is 15.1. The van der Waals surface area contributed by atoms with Crippen LogP contribution in [0.2, 0.25) is 0 Å². The van der Waals surface area contributed by atoms with Gasteiger partial charge in [-0.3, -0.25) is 0 Å². The Morgan fingerprint density at radius 1 is 1.21 bits per heavy atom. The van der Waals surface area contributed by atoms with Gasteiger partial charge in [0.15, 0.2) is 0 Å². The molecular weight excluding hydrogens is 232 g/mol. The lowest BCUT2D eigenvalue weighted by Crippen LogP contribution is -2.16. The van der Waals surface area contributed by atoms with E-state index in [2.05, 4.69) is 63.5 Å². The molecule has 2 heteroatoms. The highest BCUT2D eigenvalue weighted by Crippen LogP contribution is 2.25. The van der Waals surface area contributed by atoms with Crippen LogP contribution >= 0.6 is 0 Å². The van der Waals surface area contributed by atoms with Gasteiger partial charge in [0.1, 0.15) is 5.82 Å². The summed E-state index contributed by atoms with van der Waals surface area (Å²) in [6.07, 6.45) is 2.24. The number of imidazole rings is 1. The predicted octanol–water partition coefficient (Wildman–Crippen LogP) is 4.67. The van der Waals surface area contributed by atoms with E-state index >= 15 is 0 Å². The van der Waals surface area contributed by atoms with Crippen LogP contribution in [0.3, 0.4) is 0 Å². The van der Waals surface area contributed by atoms with Crippen LogP contribution in [-0.4, -0.2) is 9.55 Å². The van der Waals surface area contributed by atoms with Crippen LogP contribution in [0.25, 0.3) is 11.0 Å². The molecule has 1 aromatic carbocycles. The number of hydrogen-bond donors (Lipinski definition) is 0. The quantitative estimate of drug-likeness (QED) is 0.779. The van der Waals surface area contributed by atoms with E-state index in [1.165, 1.54) is 17.8 Å². The molecule has 1 aromatic heterocycles. The molecule has 0 unspecified atom stereocenters. The number of benzene rings is 1. The van der Waals surface area contributed by atoms with Crippen LogP contribution in [-0.2, 0) is 13.0 Å². The van der Waals surface area contributed by atoms with Crippen molar-refractivity contribution in [3.05, 3.63) is 30.1 Å². The maximum atomic E-state index is 4.85. The summed E-state index contributed by atoms with van der Waals surface area (Å²) in [6.45, 7) is 12.5. The summed E-state index contributed by atoms with van der Waals surface area (Å²) >= 11 is 0. The number of rotatable bonds is 4. The number of nitrogens with zero attached hydrogens (tertiary/aromatic N) is 2. The first-order valence-corrected chi connectivity index (χ1v) is 7.35. The molecule has 1 heterocycles. The van der Waals surface area contributed by atoms with Crippen LogP contribution < -0.4 is 0 Å². The molecule has 2 aromatic rings. The van der Waals surface area contributed by atoms with E-state index in [1.807, 2.05) is 0 Å². The normalized spacial score (nSPS) is 13.9. The van der Waals surface area contributed by atoms with Gasteiger partial charge < -0.3 is 4.57 Å². The molecule has 0 fully saturated rings. The van der Waals surface area contributed by atoms with Gasteiger partial charge in [-0.05, 0) is 23.5 Å². The molecule has 1 atom stereocenters. The fourth-order valence-electron chi connectivity index (χ4n) is 2.38. The average Bonchev–Trinajstić information content (AvgIpc) is 2.65. The number of fused-ring (bicyclic) bond motifs is 1. The van der Waals surface area contributed by atoms with Gasteiger partial charge in [0.25, 0.3) is 0 Å². The monoisotopic (exact) mass is 258 g/mol. The number of hydrogen-bond acceptors (Lipinski definition) is 1. The summed E-state index contributed by atoms with van der Waals surface area (Å²) in [5.41, 5.74) is 2.68. The molecule has 0 amide bonds. The Labute approximate surface area is 116 Å². The largest absolute Gasteiger partial charge is 0.328 e. The summed E-state index contributed by atoms with van der Waals surface area (Å²) in [6, 6.07) is 8.49. The molecule has 0 aliphatic carbocycles. The molecule has 104 valence electrons. The second-order valence-electron chi connectivity index (χ2n) is 6.88. The Balaban J connectivity index is 2.45. The van der Waals surface area contributed by atoms with E-state index in [0.717, 1.165) is 18.5 Å². The van der Waals surface area contributed by atoms with Crippen LogP contribution in [0.4, 0.5) is 0 Å². The van der Waals surface area contributed by atoms with Gasteiger partial charge in [0, 0.05) is 13.0 Å². The lowest BCUT2D eigenvalue weighted by molar-refractivity contribution is 0.381. The van der Waals surface area contributed by atoms with Crippen molar-refractivity contribution in [2.24, 2.45) is 11.3 Å². The SMILES string of the molecule is CC[C@@H](C)Cn1c(CC(C)(C)C)nc2ccccc21. The fourth-order valence-corrected chi connectivity index (χ4v) is 2.38. The van der Waals surface area contributed by atoms with Gasteiger partial charge in [0.05, 0.1) is 11.0 Å². The van der Waals surface area contributed by atoms with Crippen molar-refractivity contribution in [1.29, 1.82) is 0 Å². The molecule has 0 N–H and O–H groups in total. The van der Waals surface area contributed by atoms with Gasteiger partial charge in [-0.25, -0.2) is 4.98 Å². The first-order chi connectivity index (χ1) is 8.90. The predicted molar refractivity (Wildman–Crippen MR) is 82.3 cm³/mol. The van der Waals surface area contributed by atoms with E-state index in [0.29, 0.717) is 5.92 Å². The van der Waals surface area contributed by atoms with Crippen molar-refractivity contribution < 1.29 is 0 Å². The Kier molecular flexibility index (Phi) is 3.98. The molecule has 0 spiro atoms. The van der Waals surface area contributed by atoms with Crippen LogP contribution in [0, 0.1) is 11.3 Å². The minimum atomic E-state index is 0.272. The van der Waals surface area contributed by atoms with Gasteiger partial charge in [-0.2, -0.15) is 0 Å². The van der Waals surface area contributed by atoms with Crippen molar-refractivity contribution in [1.82, 2.24) is 9.55 Å². The lowest BCUT2D eigenvalue weighted by atomic mass is 9.92. The molecule has 19 heavy (non-hydrogen) atoms. The van der Waals surface area contributed by atoms with E-state index in [9.17, 15) is 0 Å². The van der Waals surface area contributed by atoms with Crippen molar-refractivity contribution in [3.8, 4) is 0 Å². The maximum Gasteiger partial charge on any atom is 0.110 e. The molecule has 0 saturated heterocycles. The average molecular weight is 258 g/mol. The van der Waals surface area contributed by atoms with Gasteiger partial charge in [-0.15, -0.1) is 0 Å². The van der Waals surface area contributed by atoms with E-state index in [1.54, 1.807) is 0 Å². The molecule has 0 saturated carbocycles. The van der Waals surface area contributed by atoms with Gasteiger partial charge >= 0.3 is 0 Å². The third-order valence-electron chi connectivity index (χ3n) is 3.61. The topological polar surface area (TPSA) is 17.8 Å². The summed E-state index contributed by atoms with van der Waals surface area (Å²) < 4.78 is 2.43. The van der Waals surface area contributed by atoms with E-state index in [4.69, 9.17) is 4.98 Å². The minimum absolute atomic E-state index is 0.272. The van der Waals surface area contributed by atoms with Crippen molar-refractivity contribution in [3.63, 3.8) is 0 Å². The minimum Gasteiger partial charge on any atom is -0.328 e. The second-order valence-corrected chi connectivity index (χ2v) is 6.88. The highest BCUT2D eigenvalue weighted by molar-refractivity contribution is 5.75. The Hall–Kier alpha value is -1.31. The highest BCUT2D eigenvalue weighted by Gasteiger charge is 2.18. The lowest BCUT2D eigenvalue weighted by Gasteiger charge is -2.20. The molecule has 2 rings (SSSR count). The Morgan fingerprint density at radius 2 is 1.89 bits per heavy atom. The van der Waals surface area contributed by atoms with Crippen LogP contribution in [0.1, 0.15) is 46.9 Å². The van der Waals surface area contributed by atoms with Crippen LogP contribution in [0.15, 0.2) is 24.3 Å². The summed E-state index contributed by atoms with van der Waals surface area (Å²) in [5, 5.41) is 0. The summed E-state index contributed by atoms with van der Waals surface area (Å²) in [5.74, 6) is 1.92. The van der Waals surface area contributed by atoms with Gasteiger partial charge in [0.2, 0.25) is 0 Å². The molecule has 0 bridgehead atoms. The first-order valence-electron chi connectivity index (χ1n) is 7.35. The molecular formula is C17H26N2. The maximum absolute atomic E-state index is 4.85. The third-order valence-corrected chi connectivity index (χ3v) is 3.61. The molecule has 2 nitrogen and oxygen atoms in total. The number of aromatic nitrogens is 2. The molecule has 0 radical (unpaired) electrons. The van der Waals surface area contributed by atoms with Crippen molar-refractivity contribution >= 4 is 11.0 Å². The van der Waals surface area contributed by atoms with Crippen molar-refractivity contribution in [2.75, 3.05) is 0 Å². The molecule has 0 aliphatic heterocycles. The van der Waals surface area contributed by atoms with E-state index < -0.39 is 0 Å². The second kappa shape index (κ2) is 5.36. The zero-order valence-electron chi connectivity index (χ0n) is 12.9. The van der Waals surface area contributed by atoms with Gasteiger partial charge in [-0.1, -0.05) is 53.2 Å². The van der Waals surface area contributed by atoms with E-state index in [-0.39, 0.29) is 5.41 Å². The zero-order chi connectivity index (χ0) is 14.0. The van der Waals surface area contributed by atoms with Crippen molar-refractivity contribution in [2.45, 2.75) is 54.0 Å². The Bertz CT molecular complexity index is 546. The number of para-hydroxylation sites is 2. The first kappa shape index (κ1) is 14.1. The fraction of sp³-hybridized carbons (Fsp3) is 0.588. The third kappa shape index (κ3) is 3.37. The standard InChI is InChI=1S/C17H26N2/c1-6-13(2)12-19-15-10-8-7-9-14(15)18-16(19)11-17(3,4)5/h7-10,13H,6,11-12H2,1-5H3/t13-/m1/s1. The smallest absolute Gasteiger partial charge is 0.110 e. The Morgan fingerprint density at radius 3 is 2.53 bits per heavy atom. The summed E-state index contributed by atoms with van der Waals surface area (Å²) in [7, 11) is 0. The summed E-state index contributed by atoms with van der Waals surface area (Å²) in [4.78, 5) is 4.85. The van der Waals surface area contributed by atoms with Crippen LogP contribution in [0.5, 0.6) is 0 Å².